The molecule has 3 aromatic rings. The molecule has 3 rings (SSSR count). The topological polar surface area (TPSA) is 44.1 Å². The molecule has 2 aromatic carbocycles. The Morgan fingerprint density at radius 2 is 1.96 bits per heavy atom. The van der Waals surface area contributed by atoms with Crippen LogP contribution < -0.4 is 0 Å². The molecule has 0 atom stereocenters. The van der Waals surface area contributed by atoms with E-state index in [4.69, 9.17) is 4.74 Å². The van der Waals surface area contributed by atoms with Gasteiger partial charge >= 0.3 is 5.97 Å². The first kappa shape index (κ1) is 16.9. The van der Waals surface area contributed by atoms with E-state index in [1.54, 1.807) is 18.2 Å². The molecule has 0 bridgehead atoms. The normalized spacial score (nSPS) is 11.3. The molecule has 0 aliphatic rings. The Morgan fingerprint density at radius 3 is 2.76 bits per heavy atom. The van der Waals surface area contributed by atoms with E-state index >= 15 is 0 Å². The molecule has 0 amide bonds. The van der Waals surface area contributed by atoms with Crippen LogP contribution in [-0.2, 0) is 16.1 Å². The molecule has 0 saturated heterocycles. The van der Waals surface area contributed by atoms with E-state index in [9.17, 15) is 9.18 Å². The van der Waals surface area contributed by atoms with Crippen LogP contribution in [0.2, 0.25) is 0 Å². The third kappa shape index (κ3) is 4.32. The van der Waals surface area contributed by atoms with Crippen molar-refractivity contribution in [2.75, 3.05) is 6.61 Å². The Hall–Kier alpha value is -2.95. The Labute approximate surface area is 145 Å². The van der Waals surface area contributed by atoms with Gasteiger partial charge in [-0.05, 0) is 49.2 Å². The zero-order chi connectivity index (χ0) is 17.6. The number of aryl methyl sites for hydroxylation is 2. The summed E-state index contributed by atoms with van der Waals surface area (Å²) in [5.41, 5.74) is 2.81. The van der Waals surface area contributed by atoms with E-state index in [1.807, 2.05) is 31.2 Å². The first-order valence-corrected chi connectivity index (χ1v) is 8.16. The molecular weight excluding hydrogens is 319 g/mol. The molecule has 128 valence electrons. The van der Waals surface area contributed by atoms with Crippen LogP contribution in [0.4, 0.5) is 4.39 Å². The van der Waals surface area contributed by atoms with Crippen LogP contribution in [0.1, 0.15) is 17.8 Å². The van der Waals surface area contributed by atoms with Crippen LogP contribution in [0.3, 0.4) is 0 Å². The first-order valence-electron chi connectivity index (χ1n) is 8.16. The number of hydrogen-bond acceptors (Lipinski definition) is 3. The van der Waals surface area contributed by atoms with E-state index in [-0.39, 0.29) is 5.82 Å². The molecule has 0 unspecified atom stereocenters. The summed E-state index contributed by atoms with van der Waals surface area (Å²) >= 11 is 0. The van der Waals surface area contributed by atoms with Crippen LogP contribution in [0.25, 0.3) is 17.1 Å². The van der Waals surface area contributed by atoms with Crippen molar-refractivity contribution in [3.8, 4) is 0 Å². The Balaban J connectivity index is 1.48. The predicted molar refractivity (Wildman–Crippen MR) is 95.5 cm³/mol. The lowest BCUT2D eigenvalue weighted by Crippen LogP contribution is -2.07. The summed E-state index contributed by atoms with van der Waals surface area (Å²) in [4.78, 5) is 16.2. The third-order valence-corrected chi connectivity index (χ3v) is 3.90. The van der Waals surface area contributed by atoms with Gasteiger partial charge in [0.05, 0.1) is 17.6 Å². The minimum Gasteiger partial charge on any atom is -0.462 e. The van der Waals surface area contributed by atoms with Crippen molar-refractivity contribution < 1.29 is 13.9 Å². The van der Waals surface area contributed by atoms with Gasteiger partial charge in [0.1, 0.15) is 11.6 Å². The van der Waals surface area contributed by atoms with E-state index in [0.29, 0.717) is 13.0 Å². The SMILES string of the molecule is Cc1nc2ccccc2n1CCCOC(=O)/C=C/c1ccc(F)cc1. The number of para-hydroxylation sites is 2. The van der Waals surface area contributed by atoms with Crippen LogP contribution in [0, 0.1) is 12.7 Å². The second kappa shape index (κ2) is 7.75. The van der Waals surface area contributed by atoms with Gasteiger partial charge in [0.15, 0.2) is 0 Å². The molecule has 1 aromatic heterocycles. The number of ether oxygens (including phenoxy) is 1. The highest BCUT2D eigenvalue weighted by Crippen LogP contribution is 2.15. The zero-order valence-corrected chi connectivity index (χ0v) is 14.0. The largest absolute Gasteiger partial charge is 0.462 e. The summed E-state index contributed by atoms with van der Waals surface area (Å²) in [6.07, 6.45) is 3.66. The number of rotatable bonds is 6. The molecule has 4 nitrogen and oxygen atoms in total. The molecule has 0 N–H and O–H groups in total. The maximum Gasteiger partial charge on any atom is 0.330 e. The quantitative estimate of drug-likeness (QED) is 0.386. The second-order valence-corrected chi connectivity index (χ2v) is 5.71. The highest BCUT2D eigenvalue weighted by atomic mass is 19.1. The van der Waals surface area contributed by atoms with E-state index < -0.39 is 5.97 Å². The standard InChI is InChI=1S/C20H19FN2O2/c1-15-22-18-5-2-3-6-19(18)23(15)13-4-14-25-20(24)12-9-16-7-10-17(21)11-8-16/h2-3,5-12H,4,13-14H2,1H3/b12-9+. The number of carbonyl (C=O) groups excluding carboxylic acids is 1. The second-order valence-electron chi connectivity index (χ2n) is 5.71. The Morgan fingerprint density at radius 1 is 1.20 bits per heavy atom. The predicted octanol–water partition coefficient (Wildman–Crippen LogP) is 4.13. The maximum atomic E-state index is 12.8. The fourth-order valence-corrected chi connectivity index (χ4v) is 2.66. The van der Waals surface area contributed by atoms with Crippen LogP contribution >= 0.6 is 0 Å². The van der Waals surface area contributed by atoms with Gasteiger partial charge in [-0.2, -0.15) is 0 Å². The maximum absolute atomic E-state index is 12.8. The van der Waals surface area contributed by atoms with Gasteiger partial charge in [0.2, 0.25) is 0 Å². The lowest BCUT2D eigenvalue weighted by atomic mass is 10.2. The molecule has 25 heavy (non-hydrogen) atoms. The lowest BCUT2D eigenvalue weighted by molar-refractivity contribution is -0.137. The van der Waals surface area contributed by atoms with Crippen LogP contribution in [0.5, 0.6) is 0 Å². The number of esters is 1. The fourth-order valence-electron chi connectivity index (χ4n) is 2.66. The van der Waals surface area contributed by atoms with Gasteiger partial charge in [-0.3, -0.25) is 0 Å². The summed E-state index contributed by atoms with van der Waals surface area (Å²) in [6.45, 7) is 3.04. The van der Waals surface area contributed by atoms with Crippen molar-refractivity contribution in [2.24, 2.45) is 0 Å². The number of aromatic nitrogens is 2. The van der Waals surface area contributed by atoms with Crippen molar-refractivity contribution in [3.05, 3.63) is 71.8 Å². The van der Waals surface area contributed by atoms with Crippen molar-refractivity contribution in [3.63, 3.8) is 0 Å². The molecule has 0 spiro atoms. The minimum atomic E-state index is -0.406. The summed E-state index contributed by atoms with van der Waals surface area (Å²) in [5, 5.41) is 0. The molecule has 0 saturated carbocycles. The first-order chi connectivity index (χ1) is 12.1. The number of benzene rings is 2. The number of halogens is 1. The number of imidazole rings is 1. The molecular formula is C20H19FN2O2. The Bertz CT molecular complexity index is 898. The molecule has 0 fully saturated rings. The number of fused-ring (bicyclic) bond motifs is 1. The van der Waals surface area contributed by atoms with Gasteiger partial charge in [-0.25, -0.2) is 14.2 Å². The molecule has 0 radical (unpaired) electrons. The zero-order valence-electron chi connectivity index (χ0n) is 14.0. The average Bonchev–Trinajstić information content (AvgIpc) is 2.93. The summed E-state index contributed by atoms with van der Waals surface area (Å²) in [6, 6.07) is 13.9. The van der Waals surface area contributed by atoms with Gasteiger partial charge in [0.25, 0.3) is 0 Å². The summed E-state index contributed by atoms with van der Waals surface area (Å²) in [7, 11) is 0. The van der Waals surface area contributed by atoms with Crippen molar-refractivity contribution in [2.45, 2.75) is 19.9 Å². The fraction of sp³-hybridized carbons (Fsp3) is 0.200. The summed E-state index contributed by atoms with van der Waals surface area (Å²) in [5.74, 6) is 0.238. The minimum absolute atomic E-state index is 0.304. The molecule has 0 aliphatic heterocycles. The molecule has 0 aliphatic carbocycles. The number of nitrogens with zero attached hydrogens (tertiary/aromatic N) is 2. The van der Waals surface area contributed by atoms with Gasteiger partial charge < -0.3 is 9.30 Å². The van der Waals surface area contributed by atoms with Crippen LogP contribution in [0.15, 0.2) is 54.6 Å². The van der Waals surface area contributed by atoms with Crippen LogP contribution in [-0.4, -0.2) is 22.1 Å². The Kier molecular flexibility index (Phi) is 5.23. The highest BCUT2D eigenvalue weighted by Gasteiger charge is 2.06. The van der Waals surface area contributed by atoms with Gasteiger partial charge in [-0.15, -0.1) is 0 Å². The highest BCUT2D eigenvalue weighted by molar-refractivity contribution is 5.87. The van der Waals surface area contributed by atoms with Crippen molar-refractivity contribution in [1.82, 2.24) is 9.55 Å². The average molecular weight is 338 g/mol. The number of carbonyl (C=O) groups is 1. The molecule has 1 heterocycles. The van der Waals surface area contributed by atoms with Crippen molar-refractivity contribution in [1.29, 1.82) is 0 Å². The van der Waals surface area contributed by atoms with E-state index in [2.05, 4.69) is 9.55 Å². The van der Waals surface area contributed by atoms with Gasteiger partial charge in [-0.1, -0.05) is 24.3 Å². The van der Waals surface area contributed by atoms with Crippen molar-refractivity contribution >= 4 is 23.1 Å². The van der Waals surface area contributed by atoms with E-state index in [0.717, 1.165) is 29.0 Å². The number of hydrogen-bond donors (Lipinski definition) is 0. The van der Waals surface area contributed by atoms with Gasteiger partial charge in [0, 0.05) is 12.6 Å². The van der Waals surface area contributed by atoms with E-state index in [1.165, 1.54) is 18.2 Å². The lowest BCUT2D eigenvalue weighted by Gasteiger charge is -2.07. The summed E-state index contributed by atoms with van der Waals surface area (Å²) < 4.78 is 20.1. The third-order valence-electron chi connectivity index (χ3n) is 3.90. The molecule has 5 heteroatoms. The monoisotopic (exact) mass is 338 g/mol. The smallest absolute Gasteiger partial charge is 0.330 e.